The van der Waals surface area contributed by atoms with Crippen molar-refractivity contribution in [3.05, 3.63) is 69.8 Å². The van der Waals surface area contributed by atoms with Crippen molar-refractivity contribution in [2.24, 2.45) is 0 Å². The van der Waals surface area contributed by atoms with Gasteiger partial charge in [-0.3, -0.25) is 19.8 Å². The number of carbonyl (C=O) groups excluding carboxylic acids is 1. The number of amides is 1. The number of carbonyl (C=O) groups is 1. The van der Waals surface area contributed by atoms with E-state index >= 15 is 0 Å². The molecule has 0 aliphatic carbocycles. The highest BCUT2D eigenvalue weighted by molar-refractivity contribution is 5.77. The van der Waals surface area contributed by atoms with Crippen LogP contribution in [0.1, 0.15) is 25.0 Å². The molecule has 1 aliphatic rings. The zero-order valence-corrected chi connectivity index (χ0v) is 18.0. The lowest BCUT2D eigenvalue weighted by Crippen LogP contribution is -2.55. The first-order chi connectivity index (χ1) is 14.8. The number of hydrogen-bond acceptors (Lipinski definition) is 6. The SMILES string of the molecule is CC(C)(CNC(=O)COc1ccc([N+](=O)[O-])cc1Cc1ccccc1)N1CCOCC1. The molecule has 0 saturated carbocycles. The van der Waals surface area contributed by atoms with Crippen LogP contribution in [0.3, 0.4) is 0 Å². The van der Waals surface area contributed by atoms with Crippen LogP contribution in [0, 0.1) is 10.1 Å². The summed E-state index contributed by atoms with van der Waals surface area (Å²) in [6.07, 6.45) is 0.476. The van der Waals surface area contributed by atoms with E-state index in [0.29, 0.717) is 37.5 Å². The van der Waals surface area contributed by atoms with Crippen molar-refractivity contribution in [2.45, 2.75) is 25.8 Å². The molecule has 0 bridgehead atoms. The van der Waals surface area contributed by atoms with Gasteiger partial charge in [0, 0.05) is 49.3 Å². The molecule has 8 heteroatoms. The average molecular weight is 428 g/mol. The zero-order valence-electron chi connectivity index (χ0n) is 18.0. The summed E-state index contributed by atoms with van der Waals surface area (Å²) in [5.74, 6) is 0.238. The van der Waals surface area contributed by atoms with Crippen LogP contribution in [0.2, 0.25) is 0 Å². The maximum Gasteiger partial charge on any atom is 0.269 e. The van der Waals surface area contributed by atoms with Crippen molar-refractivity contribution in [3.8, 4) is 5.75 Å². The van der Waals surface area contributed by atoms with Crippen LogP contribution in [-0.2, 0) is 16.0 Å². The zero-order chi connectivity index (χ0) is 22.3. The van der Waals surface area contributed by atoms with Gasteiger partial charge in [-0.25, -0.2) is 0 Å². The Morgan fingerprint density at radius 3 is 2.58 bits per heavy atom. The minimum absolute atomic E-state index is 0.00464. The average Bonchev–Trinajstić information content (AvgIpc) is 2.78. The molecule has 3 rings (SSSR count). The Hall–Kier alpha value is -2.97. The molecule has 166 valence electrons. The second-order valence-corrected chi connectivity index (χ2v) is 8.19. The number of benzene rings is 2. The lowest BCUT2D eigenvalue weighted by Gasteiger charge is -2.40. The van der Waals surface area contributed by atoms with E-state index in [1.807, 2.05) is 30.3 Å². The van der Waals surface area contributed by atoms with Crippen molar-refractivity contribution in [3.63, 3.8) is 0 Å². The molecular weight excluding hydrogens is 398 g/mol. The summed E-state index contributed by atoms with van der Waals surface area (Å²) < 4.78 is 11.1. The Morgan fingerprint density at radius 1 is 1.19 bits per heavy atom. The first kappa shape index (κ1) is 22.7. The van der Waals surface area contributed by atoms with Gasteiger partial charge in [0.1, 0.15) is 5.75 Å². The summed E-state index contributed by atoms with van der Waals surface area (Å²) in [5, 5.41) is 14.1. The molecule has 0 radical (unpaired) electrons. The molecule has 2 aromatic rings. The molecule has 1 heterocycles. The number of nitro groups is 1. The third-order valence-corrected chi connectivity index (χ3v) is 5.44. The van der Waals surface area contributed by atoms with E-state index in [2.05, 4.69) is 24.1 Å². The maximum atomic E-state index is 12.4. The summed E-state index contributed by atoms with van der Waals surface area (Å²) in [5.41, 5.74) is 1.48. The van der Waals surface area contributed by atoms with Crippen molar-refractivity contribution in [1.29, 1.82) is 0 Å². The van der Waals surface area contributed by atoms with Gasteiger partial charge < -0.3 is 14.8 Å². The molecule has 1 N–H and O–H groups in total. The number of nitrogens with zero attached hydrogens (tertiary/aromatic N) is 2. The second-order valence-electron chi connectivity index (χ2n) is 8.19. The summed E-state index contributed by atoms with van der Waals surface area (Å²) in [7, 11) is 0. The van der Waals surface area contributed by atoms with Crippen molar-refractivity contribution >= 4 is 11.6 Å². The standard InChI is InChI=1S/C23H29N3O5/c1-23(2,25-10-12-30-13-11-25)17-24-22(27)16-31-21-9-8-20(26(28)29)15-19(21)14-18-6-4-3-5-7-18/h3-9,15H,10-14,16-17H2,1-2H3,(H,24,27). The molecule has 0 atom stereocenters. The molecule has 1 fully saturated rings. The van der Waals surface area contributed by atoms with Gasteiger partial charge in [0.2, 0.25) is 0 Å². The Bertz CT molecular complexity index is 895. The van der Waals surface area contributed by atoms with Gasteiger partial charge in [-0.05, 0) is 25.5 Å². The number of morpholine rings is 1. The molecule has 1 saturated heterocycles. The van der Waals surface area contributed by atoms with Crippen LogP contribution in [0.4, 0.5) is 5.69 Å². The lowest BCUT2D eigenvalue weighted by atomic mass is 10.0. The minimum Gasteiger partial charge on any atom is -0.483 e. The number of ether oxygens (including phenoxy) is 2. The maximum absolute atomic E-state index is 12.4. The van der Waals surface area contributed by atoms with E-state index in [9.17, 15) is 14.9 Å². The van der Waals surface area contributed by atoms with Gasteiger partial charge in [0.25, 0.3) is 11.6 Å². The monoisotopic (exact) mass is 427 g/mol. The Balaban J connectivity index is 1.60. The van der Waals surface area contributed by atoms with Crippen molar-refractivity contribution < 1.29 is 19.2 Å². The number of non-ortho nitro benzene ring substituents is 1. The summed E-state index contributed by atoms with van der Waals surface area (Å²) in [6.45, 7) is 7.60. The van der Waals surface area contributed by atoms with Crippen LogP contribution in [0.25, 0.3) is 0 Å². The van der Waals surface area contributed by atoms with Gasteiger partial charge in [-0.15, -0.1) is 0 Å². The smallest absolute Gasteiger partial charge is 0.269 e. The molecule has 1 aliphatic heterocycles. The van der Waals surface area contributed by atoms with Crippen LogP contribution < -0.4 is 10.1 Å². The minimum atomic E-state index is -0.432. The molecule has 0 unspecified atom stereocenters. The Morgan fingerprint density at radius 2 is 1.90 bits per heavy atom. The van der Waals surface area contributed by atoms with Crippen molar-refractivity contribution in [1.82, 2.24) is 10.2 Å². The molecule has 2 aromatic carbocycles. The highest BCUT2D eigenvalue weighted by Gasteiger charge is 2.28. The van der Waals surface area contributed by atoms with Crippen LogP contribution >= 0.6 is 0 Å². The Kier molecular flexibility index (Phi) is 7.59. The fourth-order valence-electron chi connectivity index (χ4n) is 3.56. The van der Waals surface area contributed by atoms with E-state index in [-0.39, 0.29) is 23.7 Å². The topological polar surface area (TPSA) is 93.9 Å². The number of nitro benzene ring substituents is 1. The number of nitrogens with one attached hydrogen (secondary N) is 1. The molecular formula is C23H29N3O5. The predicted octanol–water partition coefficient (Wildman–Crippen LogP) is 2.79. The Labute approximate surface area is 182 Å². The molecule has 31 heavy (non-hydrogen) atoms. The third-order valence-electron chi connectivity index (χ3n) is 5.44. The van der Waals surface area contributed by atoms with Gasteiger partial charge in [-0.1, -0.05) is 30.3 Å². The lowest BCUT2D eigenvalue weighted by molar-refractivity contribution is -0.384. The normalized spacial score (nSPS) is 14.8. The fourth-order valence-corrected chi connectivity index (χ4v) is 3.56. The second kappa shape index (κ2) is 10.4. The fraction of sp³-hybridized carbons (Fsp3) is 0.435. The van der Waals surface area contributed by atoms with E-state index in [1.165, 1.54) is 12.1 Å². The van der Waals surface area contributed by atoms with Gasteiger partial charge >= 0.3 is 0 Å². The molecule has 8 nitrogen and oxygen atoms in total. The summed E-state index contributed by atoms with van der Waals surface area (Å²) in [4.78, 5) is 25.5. The van der Waals surface area contributed by atoms with E-state index < -0.39 is 4.92 Å². The number of hydrogen-bond donors (Lipinski definition) is 1. The van der Waals surface area contributed by atoms with Gasteiger partial charge in [0.15, 0.2) is 6.61 Å². The highest BCUT2D eigenvalue weighted by Crippen LogP contribution is 2.26. The third kappa shape index (κ3) is 6.50. The molecule has 1 amide bonds. The number of rotatable bonds is 9. The highest BCUT2D eigenvalue weighted by atomic mass is 16.6. The van der Waals surface area contributed by atoms with Crippen LogP contribution in [0.15, 0.2) is 48.5 Å². The summed E-state index contributed by atoms with van der Waals surface area (Å²) >= 11 is 0. The van der Waals surface area contributed by atoms with Crippen molar-refractivity contribution in [2.75, 3.05) is 39.5 Å². The van der Waals surface area contributed by atoms with E-state index in [1.54, 1.807) is 6.07 Å². The van der Waals surface area contributed by atoms with E-state index in [0.717, 1.165) is 18.7 Å². The quantitative estimate of drug-likeness (QED) is 0.489. The first-order valence-electron chi connectivity index (χ1n) is 10.4. The van der Waals surface area contributed by atoms with E-state index in [4.69, 9.17) is 9.47 Å². The van der Waals surface area contributed by atoms with Gasteiger partial charge in [0.05, 0.1) is 18.1 Å². The van der Waals surface area contributed by atoms with Crippen LogP contribution in [-0.4, -0.2) is 60.7 Å². The largest absolute Gasteiger partial charge is 0.483 e. The molecule has 0 spiro atoms. The van der Waals surface area contributed by atoms with Gasteiger partial charge in [-0.2, -0.15) is 0 Å². The summed E-state index contributed by atoms with van der Waals surface area (Å²) in [6, 6.07) is 14.1. The predicted molar refractivity (Wildman–Crippen MR) is 117 cm³/mol. The van der Waals surface area contributed by atoms with Crippen LogP contribution in [0.5, 0.6) is 5.75 Å². The first-order valence-corrected chi connectivity index (χ1v) is 10.4. The molecule has 0 aromatic heterocycles.